The normalized spacial score (nSPS) is 15.5. The minimum atomic E-state index is -4.47. The van der Waals surface area contributed by atoms with E-state index < -0.39 is 15.0 Å². The molecule has 0 atom stereocenters. The van der Waals surface area contributed by atoms with Crippen molar-refractivity contribution in [3.8, 4) is 11.1 Å². The second kappa shape index (κ2) is 6.90. The Kier molecular flexibility index (Phi) is 5.03. The second-order valence-corrected chi connectivity index (χ2v) is 7.70. The largest absolute Gasteiger partial charge is 0.369 e. The van der Waals surface area contributed by atoms with E-state index in [0.717, 1.165) is 37.4 Å². The SMILES string of the molecule is O=S(=O)(O)c1c(Cl)cc(-c2cccc(N3CCNCC3)c2)cc1Cl. The van der Waals surface area contributed by atoms with Crippen molar-refractivity contribution in [2.75, 3.05) is 31.1 Å². The van der Waals surface area contributed by atoms with Crippen molar-refractivity contribution in [3.05, 3.63) is 46.4 Å². The highest BCUT2D eigenvalue weighted by Gasteiger charge is 2.20. The first-order chi connectivity index (χ1) is 11.4. The molecule has 2 aromatic carbocycles. The summed E-state index contributed by atoms with van der Waals surface area (Å²) in [4.78, 5) is 1.81. The molecule has 24 heavy (non-hydrogen) atoms. The summed E-state index contributed by atoms with van der Waals surface area (Å²) in [6.45, 7) is 3.72. The van der Waals surface area contributed by atoms with Crippen LogP contribution in [0.5, 0.6) is 0 Å². The van der Waals surface area contributed by atoms with Crippen LogP contribution < -0.4 is 10.2 Å². The first-order valence-electron chi connectivity index (χ1n) is 7.39. The van der Waals surface area contributed by atoms with Crippen molar-refractivity contribution in [1.82, 2.24) is 5.32 Å². The molecule has 8 heteroatoms. The fraction of sp³-hybridized carbons (Fsp3) is 0.250. The highest BCUT2D eigenvalue weighted by Crippen LogP contribution is 2.35. The van der Waals surface area contributed by atoms with E-state index in [0.29, 0.717) is 5.56 Å². The fourth-order valence-corrected chi connectivity index (χ4v) is 4.46. The third-order valence-corrected chi connectivity index (χ3v) is 5.69. The Labute approximate surface area is 150 Å². The first kappa shape index (κ1) is 17.5. The summed E-state index contributed by atoms with van der Waals surface area (Å²) in [5.41, 5.74) is 2.64. The van der Waals surface area contributed by atoms with Gasteiger partial charge in [-0.15, -0.1) is 0 Å². The Morgan fingerprint density at radius 3 is 2.21 bits per heavy atom. The highest BCUT2D eigenvalue weighted by atomic mass is 35.5. The summed E-state index contributed by atoms with van der Waals surface area (Å²) in [7, 11) is -4.47. The van der Waals surface area contributed by atoms with Crippen LogP contribution in [-0.2, 0) is 10.1 Å². The number of hydrogen-bond acceptors (Lipinski definition) is 4. The van der Waals surface area contributed by atoms with Gasteiger partial charge in [0, 0.05) is 31.9 Å². The molecule has 1 saturated heterocycles. The topological polar surface area (TPSA) is 69.6 Å². The maximum absolute atomic E-state index is 11.4. The molecule has 2 N–H and O–H groups in total. The van der Waals surface area contributed by atoms with Crippen LogP contribution in [0.15, 0.2) is 41.3 Å². The van der Waals surface area contributed by atoms with Crippen LogP contribution in [-0.4, -0.2) is 39.1 Å². The molecule has 0 unspecified atom stereocenters. The van der Waals surface area contributed by atoms with E-state index in [9.17, 15) is 13.0 Å². The maximum atomic E-state index is 11.4. The molecule has 0 saturated carbocycles. The molecule has 2 aromatic rings. The van der Waals surface area contributed by atoms with E-state index in [-0.39, 0.29) is 10.0 Å². The number of piperazine rings is 1. The Bertz CT molecular complexity index is 842. The Morgan fingerprint density at radius 2 is 1.62 bits per heavy atom. The van der Waals surface area contributed by atoms with E-state index in [1.165, 1.54) is 12.1 Å². The van der Waals surface area contributed by atoms with Gasteiger partial charge in [0.1, 0.15) is 4.90 Å². The minimum absolute atomic E-state index is 0.104. The van der Waals surface area contributed by atoms with Gasteiger partial charge in [-0.1, -0.05) is 35.3 Å². The predicted octanol–water partition coefficient (Wildman–Crippen LogP) is 3.32. The molecule has 1 heterocycles. The third-order valence-electron chi connectivity index (χ3n) is 3.92. The van der Waals surface area contributed by atoms with Crippen LogP contribution in [0.1, 0.15) is 0 Å². The highest BCUT2D eigenvalue weighted by molar-refractivity contribution is 7.86. The van der Waals surface area contributed by atoms with Crippen molar-refractivity contribution in [1.29, 1.82) is 0 Å². The number of anilines is 1. The molecule has 0 spiro atoms. The van der Waals surface area contributed by atoms with Gasteiger partial charge >= 0.3 is 0 Å². The average molecular weight is 387 g/mol. The zero-order chi connectivity index (χ0) is 17.3. The summed E-state index contributed by atoms with van der Waals surface area (Å²) in [6.07, 6.45) is 0. The average Bonchev–Trinajstić information content (AvgIpc) is 2.54. The van der Waals surface area contributed by atoms with E-state index in [1.807, 2.05) is 24.3 Å². The lowest BCUT2D eigenvalue weighted by molar-refractivity contribution is 0.483. The summed E-state index contributed by atoms with van der Waals surface area (Å²) in [5.74, 6) is 0. The summed E-state index contributed by atoms with van der Waals surface area (Å²) in [5, 5.41) is 3.10. The monoisotopic (exact) mass is 386 g/mol. The lowest BCUT2D eigenvalue weighted by Crippen LogP contribution is -2.43. The molecule has 1 fully saturated rings. The number of nitrogens with one attached hydrogen (secondary N) is 1. The van der Waals surface area contributed by atoms with Crippen molar-refractivity contribution >= 4 is 39.0 Å². The van der Waals surface area contributed by atoms with Gasteiger partial charge in [-0.25, -0.2) is 0 Å². The van der Waals surface area contributed by atoms with E-state index in [4.69, 9.17) is 23.2 Å². The molecule has 1 aliphatic heterocycles. The lowest BCUT2D eigenvalue weighted by atomic mass is 10.0. The van der Waals surface area contributed by atoms with E-state index in [2.05, 4.69) is 10.2 Å². The maximum Gasteiger partial charge on any atom is 0.297 e. The standard InChI is InChI=1S/C16H16Cl2N2O3S/c17-14-9-12(10-15(18)16(14)24(21,22)23)11-2-1-3-13(8-11)20-6-4-19-5-7-20/h1-3,8-10,19H,4-7H2,(H,21,22,23). The Morgan fingerprint density at radius 1 is 1.00 bits per heavy atom. The second-order valence-electron chi connectivity index (χ2n) is 5.53. The molecule has 0 bridgehead atoms. The van der Waals surface area contributed by atoms with Crippen molar-refractivity contribution in [2.24, 2.45) is 0 Å². The molecule has 5 nitrogen and oxygen atoms in total. The number of rotatable bonds is 3. The number of hydrogen-bond donors (Lipinski definition) is 2. The number of nitrogens with zero attached hydrogens (tertiary/aromatic N) is 1. The summed E-state index contributed by atoms with van der Waals surface area (Å²) < 4.78 is 31.9. The van der Waals surface area contributed by atoms with Crippen LogP contribution in [0.25, 0.3) is 11.1 Å². The minimum Gasteiger partial charge on any atom is -0.369 e. The molecule has 0 aliphatic carbocycles. The fourth-order valence-electron chi connectivity index (χ4n) is 2.78. The molecule has 3 rings (SSSR count). The smallest absolute Gasteiger partial charge is 0.297 e. The number of halogens is 2. The van der Waals surface area contributed by atoms with Gasteiger partial charge in [0.25, 0.3) is 10.1 Å². The van der Waals surface area contributed by atoms with Gasteiger partial charge < -0.3 is 10.2 Å². The van der Waals surface area contributed by atoms with Gasteiger partial charge in [0.15, 0.2) is 0 Å². The summed E-state index contributed by atoms with van der Waals surface area (Å²) >= 11 is 12.0. The van der Waals surface area contributed by atoms with Crippen molar-refractivity contribution < 1.29 is 13.0 Å². The Balaban J connectivity index is 2.00. The van der Waals surface area contributed by atoms with Gasteiger partial charge in [-0.05, 0) is 35.4 Å². The quantitative estimate of drug-likeness (QED) is 0.791. The van der Waals surface area contributed by atoms with Crippen molar-refractivity contribution in [2.45, 2.75) is 4.90 Å². The van der Waals surface area contributed by atoms with Crippen LogP contribution in [0.3, 0.4) is 0 Å². The first-order valence-corrected chi connectivity index (χ1v) is 9.58. The molecule has 0 amide bonds. The molecular formula is C16H16Cl2N2O3S. The van der Waals surface area contributed by atoms with Gasteiger partial charge in [-0.3, -0.25) is 4.55 Å². The number of benzene rings is 2. The molecule has 0 radical (unpaired) electrons. The summed E-state index contributed by atoms with van der Waals surface area (Å²) in [6, 6.07) is 10.9. The van der Waals surface area contributed by atoms with E-state index >= 15 is 0 Å². The lowest BCUT2D eigenvalue weighted by Gasteiger charge is -2.29. The van der Waals surface area contributed by atoms with Crippen LogP contribution in [0.2, 0.25) is 10.0 Å². The molecule has 0 aromatic heterocycles. The van der Waals surface area contributed by atoms with Gasteiger partial charge in [-0.2, -0.15) is 8.42 Å². The molecule has 1 aliphatic rings. The van der Waals surface area contributed by atoms with Crippen molar-refractivity contribution in [3.63, 3.8) is 0 Å². The zero-order valence-electron chi connectivity index (χ0n) is 12.7. The van der Waals surface area contributed by atoms with Gasteiger partial charge in [0.2, 0.25) is 0 Å². The van der Waals surface area contributed by atoms with Gasteiger partial charge in [0.05, 0.1) is 10.0 Å². The Hall–Kier alpha value is -1.31. The van der Waals surface area contributed by atoms with Crippen LogP contribution >= 0.6 is 23.2 Å². The molecule has 128 valence electrons. The van der Waals surface area contributed by atoms with E-state index in [1.54, 1.807) is 0 Å². The van der Waals surface area contributed by atoms with Crippen LogP contribution in [0.4, 0.5) is 5.69 Å². The molecular weight excluding hydrogens is 371 g/mol. The zero-order valence-corrected chi connectivity index (χ0v) is 15.0. The predicted molar refractivity (Wildman–Crippen MR) is 96.8 cm³/mol. The van der Waals surface area contributed by atoms with Crippen LogP contribution in [0, 0.1) is 0 Å². The third kappa shape index (κ3) is 3.68.